The normalized spacial score (nSPS) is 17.5. The van der Waals surface area contributed by atoms with Gasteiger partial charge in [0.2, 0.25) is 0 Å². The molecule has 7 nitrogen and oxygen atoms in total. The monoisotopic (exact) mass is 439 g/mol. The molecule has 2 aromatic rings. The van der Waals surface area contributed by atoms with Crippen molar-refractivity contribution in [2.75, 3.05) is 36.4 Å². The van der Waals surface area contributed by atoms with Crippen molar-refractivity contribution in [1.29, 1.82) is 0 Å². The third-order valence-corrected chi connectivity index (χ3v) is 6.12. The van der Waals surface area contributed by atoms with E-state index in [4.69, 9.17) is 0 Å². The van der Waals surface area contributed by atoms with Crippen LogP contribution in [0.2, 0.25) is 0 Å². The van der Waals surface area contributed by atoms with Crippen molar-refractivity contribution in [2.24, 2.45) is 0 Å². The van der Waals surface area contributed by atoms with Crippen molar-refractivity contribution in [3.63, 3.8) is 0 Å². The van der Waals surface area contributed by atoms with Crippen LogP contribution in [-0.2, 0) is 0 Å². The maximum Gasteiger partial charge on any atom is 0.319 e. The molecule has 0 bridgehead atoms. The molecule has 0 unspecified atom stereocenters. The lowest BCUT2D eigenvalue weighted by Gasteiger charge is -2.24. The molecule has 2 heterocycles. The van der Waals surface area contributed by atoms with Gasteiger partial charge in [-0.05, 0) is 49.6 Å². The number of benzene rings is 1. The number of pyridine rings is 1. The molecule has 170 valence electrons. The quantitative estimate of drug-likeness (QED) is 0.754. The van der Waals surface area contributed by atoms with Gasteiger partial charge in [-0.15, -0.1) is 0 Å². The van der Waals surface area contributed by atoms with Crippen molar-refractivity contribution in [2.45, 2.75) is 44.6 Å². The maximum absolute atomic E-state index is 13.5. The van der Waals surface area contributed by atoms with Gasteiger partial charge in [0.1, 0.15) is 11.6 Å². The average molecular weight is 440 g/mol. The molecule has 32 heavy (non-hydrogen) atoms. The lowest BCUT2D eigenvalue weighted by molar-refractivity contribution is 0.0766. The topological polar surface area (TPSA) is 77.6 Å². The summed E-state index contributed by atoms with van der Waals surface area (Å²) in [6.45, 7) is 2.57. The molecule has 8 heteroatoms. The lowest BCUT2D eigenvalue weighted by Crippen LogP contribution is -2.39. The first kappa shape index (κ1) is 22.0. The van der Waals surface area contributed by atoms with Crippen LogP contribution in [0.1, 0.15) is 48.9 Å². The predicted molar refractivity (Wildman–Crippen MR) is 122 cm³/mol. The van der Waals surface area contributed by atoms with Crippen LogP contribution in [0.25, 0.3) is 0 Å². The van der Waals surface area contributed by atoms with Gasteiger partial charge in [-0.25, -0.2) is 14.2 Å². The van der Waals surface area contributed by atoms with Crippen LogP contribution >= 0.6 is 0 Å². The van der Waals surface area contributed by atoms with Gasteiger partial charge in [0, 0.05) is 37.8 Å². The third-order valence-electron chi connectivity index (χ3n) is 6.12. The highest BCUT2D eigenvalue weighted by Crippen LogP contribution is 2.19. The van der Waals surface area contributed by atoms with E-state index in [1.54, 1.807) is 23.2 Å². The van der Waals surface area contributed by atoms with Gasteiger partial charge in [0.15, 0.2) is 0 Å². The Morgan fingerprint density at radius 2 is 1.81 bits per heavy atom. The molecule has 4 rings (SSSR count). The Balaban J connectivity index is 1.30. The van der Waals surface area contributed by atoms with Crippen LogP contribution in [-0.4, -0.2) is 54.0 Å². The molecule has 0 spiro atoms. The highest BCUT2D eigenvalue weighted by atomic mass is 19.1. The highest BCUT2D eigenvalue weighted by Gasteiger charge is 2.21. The highest BCUT2D eigenvalue weighted by molar-refractivity contribution is 5.94. The SMILES string of the molecule is O=C(Nc1ccc(N2CCCN(C(=O)c3cccc(F)c3)CC2)nc1)NC1CCCCC1. The number of halogens is 1. The first-order valence-corrected chi connectivity index (χ1v) is 11.4. The third kappa shape index (κ3) is 5.75. The second-order valence-corrected chi connectivity index (χ2v) is 8.48. The largest absolute Gasteiger partial charge is 0.355 e. The summed E-state index contributed by atoms with van der Waals surface area (Å²) in [7, 11) is 0. The predicted octanol–water partition coefficient (Wildman–Crippen LogP) is 4.03. The van der Waals surface area contributed by atoms with E-state index in [1.165, 1.54) is 31.4 Å². The van der Waals surface area contributed by atoms with E-state index in [2.05, 4.69) is 20.5 Å². The zero-order valence-electron chi connectivity index (χ0n) is 18.2. The fourth-order valence-electron chi connectivity index (χ4n) is 4.40. The smallest absolute Gasteiger partial charge is 0.319 e. The Morgan fingerprint density at radius 3 is 2.56 bits per heavy atom. The van der Waals surface area contributed by atoms with Crippen LogP contribution in [0, 0.1) is 5.82 Å². The van der Waals surface area contributed by atoms with Gasteiger partial charge in [-0.1, -0.05) is 25.3 Å². The summed E-state index contributed by atoms with van der Waals surface area (Å²) in [5.41, 5.74) is 1.03. The molecule has 1 aromatic carbocycles. The molecule has 0 radical (unpaired) electrons. The minimum atomic E-state index is -0.405. The number of nitrogens with zero attached hydrogens (tertiary/aromatic N) is 3. The van der Waals surface area contributed by atoms with Gasteiger partial charge in [0.05, 0.1) is 11.9 Å². The number of nitrogens with one attached hydrogen (secondary N) is 2. The van der Waals surface area contributed by atoms with Crippen LogP contribution in [0.3, 0.4) is 0 Å². The van der Waals surface area contributed by atoms with Gasteiger partial charge in [0.25, 0.3) is 5.91 Å². The minimum absolute atomic E-state index is 0.150. The van der Waals surface area contributed by atoms with Gasteiger partial charge >= 0.3 is 6.03 Å². The lowest BCUT2D eigenvalue weighted by atomic mass is 9.96. The molecule has 1 aliphatic heterocycles. The fraction of sp³-hybridized carbons (Fsp3) is 0.458. The standard InChI is InChI=1S/C24H30FN5O2/c25-19-7-4-6-18(16-19)23(31)30-13-5-12-29(14-15-30)22-11-10-21(17-26-22)28-24(32)27-20-8-2-1-3-9-20/h4,6-7,10-11,16-17,20H,1-3,5,8-9,12-15H2,(H2,27,28,32). The van der Waals surface area contributed by atoms with E-state index in [1.807, 2.05) is 12.1 Å². The van der Waals surface area contributed by atoms with Crippen LogP contribution in [0.5, 0.6) is 0 Å². The summed E-state index contributed by atoms with van der Waals surface area (Å²) in [4.78, 5) is 33.4. The van der Waals surface area contributed by atoms with Gasteiger partial charge in [-0.2, -0.15) is 0 Å². The van der Waals surface area contributed by atoms with Crippen LogP contribution in [0.4, 0.5) is 20.7 Å². The number of anilines is 2. The minimum Gasteiger partial charge on any atom is -0.355 e. The van der Waals surface area contributed by atoms with Gasteiger partial charge < -0.3 is 20.4 Å². The number of carbonyl (C=O) groups excluding carboxylic acids is 2. The van der Waals surface area contributed by atoms with Crippen LogP contribution in [0.15, 0.2) is 42.6 Å². The summed E-state index contributed by atoms with van der Waals surface area (Å²) in [6, 6.07) is 9.63. The van der Waals surface area contributed by atoms with Crippen molar-refractivity contribution in [3.8, 4) is 0 Å². The Hall–Kier alpha value is -3.16. The zero-order chi connectivity index (χ0) is 22.3. The molecule has 1 aliphatic carbocycles. The summed E-state index contributed by atoms with van der Waals surface area (Å²) in [6.07, 6.45) is 8.13. The van der Waals surface area contributed by atoms with Crippen molar-refractivity contribution in [3.05, 3.63) is 54.0 Å². The summed E-state index contributed by atoms with van der Waals surface area (Å²) in [5.74, 6) is 0.253. The number of carbonyl (C=O) groups is 2. The summed E-state index contributed by atoms with van der Waals surface area (Å²) < 4.78 is 13.5. The zero-order valence-corrected chi connectivity index (χ0v) is 18.2. The number of hydrogen-bond donors (Lipinski definition) is 2. The van der Waals surface area contributed by atoms with Crippen molar-refractivity contribution >= 4 is 23.4 Å². The molecule has 0 atom stereocenters. The molecule has 1 aromatic heterocycles. The first-order chi connectivity index (χ1) is 15.6. The summed E-state index contributed by atoms with van der Waals surface area (Å²) in [5, 5.41) is 5.90. The molecule has 2 fully saturated rings. The number of urea groups is 1. The Bertz CT molecular complexity index is 930. The van der Waals surface area contributed by atoms with E-state index in [0.29, 0.717) is 30.9 Å². The van der Waals surface area contributed by atoms with Gasteiger partial charge in [-0.3, -0.25) is 4.79 Å². The number of aromatic nitrogens is 1. The van der Waals surface area contributed by atoms with Crippen molar-refractivity contribution in [1.82, 2.24) is 15.2 Å². The molecule has 3 amide bonds. The Morgan fingerprint density at radius 1 is 0.969 bits per heavy atom. The molecule has 2 N–H and O–H groups in total. The average Bonchev–Trinajstić information content (AvgIpc) is 3.06. The fourth-order valence-corrected chi connectivity index (χ4v) is 4.40. The second kappa shape index (κ2) is 10.4. The molecular weight excluding hydrogens is 409 g/mol. The van der Waals surface area contributed by atoms with Crippen LogP contribution < -0.4 is 15.5 Å². The summed E-state index contributed by atoms with van der Waals surface area (Å²) >= 11 is 0. The molecule has 2 aliphatic rings. The van der Waals surface area contributed by atoms with E-state index in [9.17, 15) is 14.0 Å². The van der Waals surface area contributed by atoms with E-state index in [-0.39, 0.29) is 18.0 Å². The number of amides is 3. The Kier molecular flexibility index (Phi) is 7.19. The number of rotatable bonds is 4. The van der Waals surface area contributed by atoms with E-state index in [0.717, 1.165) is 31.6 Å². The number of hydrogen-bond acceptors (Lipinski definition) is 4. The van der Waals surface area contributed by atoms with E-state index < -0.39 is 5.82 Å². The molecular formula is C24H30FN5O2. The van der Waals surface area contributed by atoms with Crippen molar-refractivity contribution < 1.29 is 14.0 Å². The Labute approximate surface area is 188 Å². The molecule has 1 saturated heterocycles. The maximum atomic E-state index is 13.5. The second-order valence-electron chi connectivity index (χ2n) is 8.48. The van der Waals surface area contributed by atoms with E-state index >= 15 is 0 Å². The molecule has 1 saturated carbocycles. The first-order valence-electron chi connectivity index (χ1n) is 11.4.